The second-order valence-electron chi connectivity index (χ2n) is 2.70. The topological polar surface area (TPSA) is 51.0 Å². The molecular weight excluding hydrogens is 168 g/mol. The highest BCUT2D eigenvalue weighted by Crippen LogP contribution is 2.22. The standard InChI is InChI=1S/C9H8N2O2/c1-13-7-4-2-3-6-8(7)9(12)11-5-10-6/h2-5,8H,1H3. The van der Waals surface area contributed by atoms with Crippen LogP contribution in [-0.4, -0.2) is 25.1 Å². The molecular formula is C9H8N2O2. The van der Waals surface area contributed by atoms with E-state index in [1.807, 2.05) is 0 Å². The molecule has 1 unspecified atom stereocenters. The number of ether oxygens (including phenoxy) is 1. The summed E-state index contributed by atoms with van der Waals surface area (Å²) in [5.74, 6) is -0.0504. The predicted octanol–water partition coefficient (Wildman–Crippen LogP) is 0.712. The molecule has 4 heteroatoms. The molecule has 0 aromatic rings. The first-order valence-corrected chi connectivity index (χ1v) is 3.89. The minimum absolute atomic E-state index is 0.220. The van der Waals surface area contributed by atoms with E-state index in [-0.39, 0.29) is 5.91 Å². The maximum atomic E-state index is 11.4. The summed E-state index contributed by atoms with van der Waals surface area (Å²) in [5, 5.41) is 0. The van der Waals surface area contributed by atoms with Gasteiger partial charge >= 0.3 is 0 Å². The van der Waals surface area contributed by atoms with Crippen molar-refractivity contribution in [1.82, 2.24) is 0 Å². The Morgan fingerprint density at radius 1 is 1.54 bits per heavy atom. The molecule has 0 aromatic heterocycles. The van der Waals surface area contributed by atoms with Gasteiger partial charge in [-0.3, -0.25) is 4.79 Å². The van der Waals surface area contributed by atoms with Gasteiger partial charge < -0.3 is 4.74 Å². The zero-order valence-corrected chi connectivity index (χ0v) is 7.10. The minimum atomic E-state index is -0.431. The van der Waals surface area contributed by atoms with Crippen LogP contribution in [0.25, 0.3) is 0 Å². The molecule has 13 heavy (non-hydrogen) atoms. The molecule has 1 heterocycles. The van der Waals surface area contributed by atoms with E-state index in [0.717, 1.165) is 0 Å². The van der Waals surface area contributed by atoms with Crippen LogP contribution in [0.4, 0.5) is 0 Å². The summed E-state index contributed by atoms with van der Waals surface area (Å²) in [6.07, 6.45) is 6.62. The van der Waals surface area contributed by atoms with Crippen molar-refractivity contribution in [3.63, 3.8) is 0 Å². The molecule has 1 aliphatic heterocycles. The number of carbonyl (C=O) groups is 1. The first-order chi connectivity index (χ1) is 6.33. The van der Waals surface area contributed by atoms with Gasteiger partial charge in [-0.15, -0.1) is 0 Å². The number of fused-ring (bicyclic) bond motifs is 1. The Bertz CT molecular complexity index is 364. The van der Waals surface area contributed by atoms with E-state index in [9.17, 15) is 4.79 Å². The lowest BCUT2D eigenvalue weighted by molar-refractivity contribution is -0.119. The average molecular weight is 176 g/mol. The summed E-state index contributed by atoms with van der Waals surface area (Å²) in [5.41, 5.74) is 0.694. The van der Waals surface area contributed by atoms with E-state index in [1.54, 1.807) is 18.2 Å². The van der Waals surface area contributed by atoms with Crippen LogP contribution in [0.1, 0.15) is 0 Å². The van der Waals surface area contributed by atoms with Crippen molar-refractivity contribution >= 4 is 18.0 Å². The molecule has 1 aliphatic carbocycles. The fourth-order valence-corrected chi connectivity index (χ4v) is 1.36. The van der Waals surface area contributed by atoms with Crippen molar-refractivity contribution in [2.24, 2.45) is 15.9 Å². The molecule has 0 aromatic carbocycles. The summed E-state index contributed by atoms with van der Waals surface area (Å²) in [6.45, 7) is 0. The summed E-state index contributed by atoms with van der Waals surface area (Å²) < 4.78 is 5.07. The molecule has 0 bridgehead atoms. The second kappa shape index (κ2) is 2.97. The minimum Gasteiger partial charge on any atom is -0.500 e. The molecule has 1 atom stereocenters. The first-order valence-electron chi connectivity index (χ1n) is 3.89. The molecule has 0 saturated carbocycles. The molecule has 2 aliphatic rings. The Kier molecular flexibility index (Phi) is 1.81. The zero-order valence-electron chi connectivity index (χ0n) is 7.10. The van der Waals surface area contributed by atoms with Gasteiger partial charge in [-0.2, -0.15) is 0 Å². The van der Waals surface area contributed by atoms with Crippen molar-refractivity contribution < 1.29 is 9.53 Å². The summed E-state index contributed by atoms with van der Waals surface area (Å²) in [6, 6.07) is 0. The second-order valence-corrected chi connectivity index (χ2v) is 2.70. The van der Waals surface area contributed by atoms with Crippen LogP contribution < -0.4 is 0 Å². The van der Waals surface area contributed by atoms with Gasteiger partial charge in [-0.05, 0) is 12.2 Å². The van der Waals surface area contributed by atoms with Gasteiger partial charge in [0.05, 0.1) is 12.8 Å². The predicted molar refractivity (Wildman–Crippen MR) is 48.7 cm³/mol. The van der Waals surface area contributed by atoms with Crippen LogP contribution in [0.2, 0.25) is 0 Å². The van der Waals surface area contributed by atoms with E-state index in [4.69, 9.17) is 4.74 Å². The quantitative estimate of drug-likeness (QED) is 0.590. The third-order valence-electron chi connectivity index (χ3n) is 1.98. The van der Waals surface area contributed by atoms with Crippen LogP contribution >= 0.6 is 0 Å². The maximum Gasteiger partial charge on any atom is 0.263 e. The molecule has 0 saturated heterocycles. The van der Waals surface area contributed by atoms with E-state index in [1.165, 1.54) is 13.4 Å². The van der Waals surface area contributed by atoms with E-state index < -0.39 is 5.92 Å². The fraction of sp³-hybridized carbons (Fsp3) is 0.222. The Labute approximate surface area is 75.3 Å². The molecule has 0 fully saturated rings. The van der Waals surface area contributed by atoms with Gasteiger partial charge in [0.2, 0.25) is 0 Å². The highest BCUT2D eigenvalue weighted by molar-refractivity contribution is 6.18. The van der Waals surface area contributed by atoms with E-state index in [0.29, 0.717) is 11.5 Å². The van der Waals surface area contributed by atoms with Gasteiger partial charge in [0.25, 0.3) is 5.91 Å². The number of rotatable bonds is 1. The van der Waals surface area contributed by atoms with Crippen LogP contribution in [0.3, 0.4) is 0 Å². The summed E-state index contributed by atoms with van der Waals surface area (Å²) >= 11 is 0. The highest BCUT2D eigenvalue weighted by Gasteiger charge is 2.30. The third kappa shape index (κ3) is 1.20. The third-order valence-corrected chi connectivity index (χ3v) is 1.98. The van der Waals surface area contributed by atoms with Crippen molar-refractivity contribution in [3.05, 3.63) is 24.0 Å². The maximum absolute atomic E-state index is 11.4. The summed E-state index contributed by atoms with van der Waals surface area (Å²) in [7, 11) is 1.54. The van der Waals surface area contributed by atoms with Crippen LogP contribution in [0, 0.1) is 5.92 Å². The highest BCUT2D eigenvalue weighted by atomic mass is 16.5. The normalized spacial score (nSPS) is 25.0. The SMILES string of the molecule is COC1=CC=CC2=NC=NC(=O)C12. The number of nitrogens with zero attached hydrogens (tertiary/aromatic N) is 2. The molecule has 0 spiro atoms. The number of amides is 1. The average Bonchev–Trinajstić information content (AvgIpc) is 2.17. The summed E-state index contributed by atoms with van der Waals surface area (Å²) in [4.78, 5) is 19.0. The number of aliphatic imine (C=N–C) groups is 2. The van der Waals surface area contributed by atoms with E-state index >= 15 is 0 Å². The van der Waals surface area contributed by atoms with Crippen LogP contribution in [-0.2, 0) is 9.53 Å². The fourth-order valence-electron chi connectivity index (χ4n) is 1.36. The smallest absolute Gasteiger partial charge is 0.263 e. The number of hydrogen-bond acceptors (Lipinski definition) is 3. The Balaban J connectivity index is 2.42. The lowest BCUT2D eigenvalue weighted by Gasteiger charge is -2.20. The lowest BCUT2D eigenvalue weighted by Crippen LogP contribution is -2.28. The number of methoxy groups -OCH3 is 1. The molecule has 66 valence electrons. The van der Waals surface area contributed by atoms with Gasteiger partial charge in [-0.25, -0.2) is 9.98 Å². The Morgan fingerprint density at radius 3 is 3.15 bits per heavy atom. The van der Waals surface area contributed by atoms with Gasteiger partial charge in [0.1, 0.15) is 18.0 Å². The van der Waals surface area contributed by atoms with E-state index in [2.05, 4.69) is 9.98 Å². The first kappa shape index (κ1) is 7.91. The van der Waals surface area contributed by atoms with Crippen molar-refractivity contribution in [1.29, 1.82) is 0 Å². The largest absolute Gasteiger partial charge is 0.500 e. The Hall–Kier alpha value is -1.71. The number of allylic oxidation sites excluding steroid dienone is 3. The molecule has 1 amide bonds. The molecule has 0 radical (unpaired) electrons. The van der Waals surface area contributed by atoms with Crippen molar-refractivity contribution in [3.8, 4) is 0 Å². The van der Waals surface area contributed by atoms with Gasteiger partial charge in [-0.1, -0.05) is 6.08 Å². The van der Waals surface area contributed by atoms with Crippen molar-refractivity contribution in [2.75, 3.05) is 7.11 Å². The molecule has 4 nitrogen and oxygen atoms in total. The Morgan fingerprint density at radius 2 is 2.38 bits per heavy atom. The molecule has 2 rings (SSSR count). The zero-order chi connectivity index (χ0) is 9.26. The van der Waals surface area contributed by atoms with Crippen LogP contribution in [0.5, 0.6) is 0 Å². The van der Waals surface area contributed by atoms with Gasteiger partial charge in [0, 0.05) is 0 Å². The number of carbonyl (C=O) groups excluding carboxylic acids is 1. The van der Waals surface area contributed by atoms with Crippen LogP contribution in [0.15, 0.2) is 34.0 Å². The van der Waals surface area contributed by atoms with Gasteiger partial charge in [0.15, 0.2) is 0 Å². The molecule has 0 N–H and O–H groups in total. The number of hydrogen-bond donors (Lipinski definition) is 0. The van der Waals surface area contributed by atoms with Crippen molar-refractivity contribution in [2.45, 2.75) is 0 Å². The monoisotopic (exact) mass is 176 g/mol. The lowest BCUT2D eigenvalue weighted by atomic mass is 9.95.